The van der Waals surface area contributed by atoms with Crippen LogP contribution in [0, 0.1) is 0 Å². The summed E-state index contributed by atoms with van der Waals surface area (Å²) in [6.07, 6.45) is 0. The summed E-state index contributed by atoms with van der Waals surface area (Å²) in [5.74, 6) is 0.748. The quantitative estimate of drug-likeness (QED) is 0.422. The molecule has 3 heteroatoms. The molecule has 0 bridgehead atoms. The summed E-state index contributed by atoms with van der Waals surface area (Å²) in [6, 6.07) is 30.5. The van der Waals surface area contributed by atoms with E-state index < -0.39 is 8.80 Å². The van der Waals surface area contributed by atoms with Crippen molar-refractivity contribution in [1.29, 1.82) is 0 Å². The van der Waals surface area contributed by atoms with Crippen molar-refractivity contribution in [2.45, 2.75) is 4.90 Å². The Morgan fingerprint density at radius 2 is 1.13 bits per heavy atom. The van der Waals surface area contributed by atoms with Crippen LogP contribution in [-0.2, 0) is 0 Å². The number of hydrogen-bond donors (Lipinski definition) is 1. The molecule has 0 aliphatic heterocycles. The molecule has 0 atom stereocenters. The lowest BCUT2D eigenvalue weighted by Crippen LogP contribution is -2.51. The van der Waals surface area contributed by atoms with Crippen LogP contribution in [0.2, 0.25) is 0 Å². The molecule has 0 amide bonds. The molecule has 0 heterocycles. The van der Waals surface area contributed by atoms with Crippen LogP contribution < -0.4 is 15.6 Å². The van der Waals surface area contributed by atoms with Crippen molar-refractivity contribution in [3.63, 3.8) is 0 Å². The van der Waals surface area contributed by atoms with E-state index in [-0.39, 0.29) is 6.61 Å². The summed E-state index contributed by atoms with van der Waals surface area (Å²) in [6.45, 7) is 0.220. The molecule has 116 valence electrons. The first-order chi connectivity index (χ1) is 11.4. The van der Waals surface area contributed by atoms with E-state index in [1.54, 1.807) is 11.8 Å². The van der Waals surface area contributed by atoms with Crippen molar-refractivity contribution >= 4 is 36.1 Å². The number of benzene rings is 3. The van der Waals surface area contributed by atoms with E-state index in [4.69, 9.17) is 5.11 Å². The lowest BCUT2D eigenvalue weighted by molar-refractivity contribution is 0.322. The molecule has 3 aromatic rings. The second-order valence-corrected chi connectivity index (χ2v) is 9.43. The molecular weight excluding hydrogens is 316 g/mol. The Morgan fingerprint density at radius 3 is 1.61 bits per heavy atom. The Bertz CT molecular complexity index is 674. The van der Waals surface area contributed by atoms with Crippen molar-refractivity contribution in [3.05, 3.63) is 84.9 Å². The first kappa shape index (κ1) is 16.1. The topological polar surface area (TPSA) is 20.2 Å². The molecule has 0 fully saturated rings. The smallest absolute Gasteiger partial charge is 0.132 e. The normalized spacial score (nSPS) is 10.9. The minimum Gasteiger partial charge on any atom is -0.396 e. The number of hydrogen-bond acceptors (Lipinski definition) is 2. The van der Waals surface area contributed by atoms with Gasteiger partial charge in [-0.05, 0) is 12.1 Å². The van der Waals surface area contributed by atoms with E-state index in [0.29, 0.717) is 0 Å². The summed E-state index contributed by atoms with van der Waals surface area (Å²) >= 11 is 1.70. The van der Waals surface area contributed by atoms with Crippen LogP contribution in [-0.4, -0.2) is 26.3 Å². The number of thioether (sulfide) groups is 1. The fourth-order valence-corrected chi connectivity index (χ4v) is 6.39. The van der Waals surface area contributed by atoms with Gasteiger partial charge in [-0.25, -0.2) is 0 Å². The van der Waals surface area contributed by atoms with E-state index in [2.05, 4.69) is 84.9 Å². The molecule has 0 aliphatic carbocycles. The Balaban J connectivity index is 1.96. The fraction of sp³-hybridized carbons (Fsp3) is 0.100. The van der Waals surface area contributed by atoms with Gasteiger partial charge in [-0.1, -0.05) is 88.4 Å². The van der Waals surface area contributed by atoms with E-state index in [1.807, 2.05) is 0 Å². The highest BCUT2D eigenvalue weighted by Crippen LogP contribution is 2.15. The second kappa shape index (κ2) is 8.16. The first-order valence-corrected chi connectivity index (χ1v) is 10.5. The Morgan fingerprint density at radius 1 is 0.652 bits per heavy atom. The molecule has 0 saturated carbocycles. The van der Waals surface area contributed by atoms with Gasteiger partial charge >= 0.3 is 0 Å². The summed E-state index contributed by atoms with van der Waals surface area (Å²) in [5, 5.41) is 13.3. The van der Waals surface area contributed by atoms with Crippen LogP contribution in [0.4, 0.5) is 0 Å². The standard InChI is InChI=1S/C20H20OSSi/c21-15-16-22-17-11-13-20(14-12-17)23(18-7-3-1-4-8-18)19-9-5-2-6-10-19/h1-14,21,23H,15-16H2. The monoisotopic (exact) mass is 336 g/mol. The third kappa shape index (κ3) is 4.13. The molecule has 0 aromatic heterocycles. The van der Waals surface area contributed by atoms with Crippen molar-refractivity contribution < 1.29 is 5.11 Å². The van der Waals surface area contributed by atoms with Gasteiger partial charge in [0.25, 0.3) is 0 Å². The maximum absolute atomic E-state index is 8.95. The predicted octanol–water partition coefficient (Wildman–Crippen LogP) is 2.02. The first-order valence-electron chi connectivity index (χ1n) is 7.82. The van der Waals surface area contributed by atoms with Gasteiger partial charge in [0.1, 0.15) is 8.80 Å². The maximum Gasteiger partial charge on any atom is 0.132 e. The SMILES string of the molecule is OCCSc1ccc([SiH](c2ccccc2)c2ccccc2)cc1. The van der Waals surface area contributed by atoms with Crippen LogP contribution in [0.3, 0.4) is 0 Å². The van der Waals surface area contributed by atoms with Crippen LogP contribution >= 0.6 is 11.8 Å². The molecule has 3 aromatic carbocycles. The molecule has 3 rings (SSSR count). The molecule has 0 radical (unpaired) electrons. The zero-order chi connectivity index (χ0) is 15.9. The van der Waals surface area contributed by atoms with E-state index >= 15 is 0 Å². The summed E-state index contributed by atoms with van der Waals surface area (Å²) < 4.78 is 0. The predicted molar refractivity (Wildman–Crippen MR) is 103 cm³/mol. The number of aliphatic hydroxyl groups excluding tert-OH is 1. The van der Waals surface area contributed by atoms with Gasteiger partial charge < -0.3 is 5.11 Å². The lowest BCUT2D eigenvalue weighted by atomic mass is 10.3. The molecule has 0 saturated heterocycles. The van der Waals surface area contributed by atoms with Gasteiger partial charge in [0.2, 0.25) is 0 Å². The second-order valence-electron chi connectivity index (χ2n) is 5.40. The molecule has 0 unspecified atom stereocenters. The van der Waals surface area contributed by atoms with Gasteiger partial charge in [0, 0.05) is 10.6 Å². The molecule has 0 spiro atoms. The molecule has 0 aliphatic rings. The van der Waals surface area contributed by atoms with Gasteiger partial charge in [0.05, 0.1) is 6.61 Å². The van der Waals surface area contributed by atoms with Gasteiger partial charge in [-0.15, -0.1) is 11.8 Å². The summed E-state index contributed by atoms with van der Waals surface area (Å²) in [7, 11) is -1.42. The highest BCUT2D eigenvalue weighted by Gasteiger charge is 2.18. The number of aliphatic hydroxyl groups is 1. The lowest BCUT2D eigenvalue weighted by Gasteiger charge is -2.17. The highest BCUT2D eigenvalue weighted by atomic mass is 32.2. The highest BCUT2D eigenvalue weighted by molar-refractivity contribution is 7.99. The zero-order valence-electron chi connectivity index (χ0n) is 12.9. The van der Waals surface area contributed by atoms with E-state index in [9.17, 15) is 0 Å². The van der Waals surface area contributed by atoms with Crippen molar-refractivity contribution in [2.24, 2.45) is 0 Å². The van der Waals surface area contributed by atoms with Crippen molar-refractivity contribution in [3.8, 4) is 0 Å². The Kier molecular flexibility index (Phi) is 5.69. The average Bonchev–Trinajstić information content (AvgIpc) is 2.63. The molecule has 1 N–H and O–H groups in total. The summed E-state index contributed by atoms with van der Waals surface area (Å²) in [4.78, 5) is 1.22. The minimum absolute atomic E-state index is 0.220. The Hall–Kier alpha value is -1.81. The third-order valence-electron chi connectivity index (χ3n) is 3.84. The molecule has 1 nitrogen and oxygen atoms in total. The average molecular weight is 337 g/mol. The minimum atomic E-state index is -1.42. The van der Waals surface area contributed by atoms with Crippen LogP contribution in [0.15, 0.2) is 89.8 Å². The molecule has 23 heavy (non-hydrogen) atoms. The molecular formula is C20H20OSSi. The van der Waals surface area contributed by atoms with Gasteiger partial charge in [-0.3, -0.25) is 0 Å². The fourth-order valence-electron chi connectivity index (χ4n) is 2.79. The summed E-state index contributed by atoms with van der Waals surface area (Å²) in [5.41, 5.74) is 0. The third-order valence-corrected chi connectivity index (χ3v) is 7.99. The Labute approximate surface area is 143 Å². The maximum atomic E-state index is 8.95. The van der Waals surface area contributed by atoms with Gasteiger partial charge in [0.15, 0.2) is 0 Å². The van der Waals surface area contributed by atoms with E-state index in [0.717, 1.165) is 5.75 Å². The van der Waals surface area contributed by atoms with E-state index in [1.165, 1.54) is 20.5 Å². The van der Waals surface area contributed by atoms with Crippen molar-refractivity contribution in [2.75, 3.05) is 12.4 Å². The van der Waals surface area contributed by atoms with Crippen LogP contribution in [0.5, 0.6) is 0 Å². The van der Waals surface area contributed by atoms with Crippen molar-refractivity contribution in [1.82, 2.24) is 0 Å². The van der Waals surface area contributed by atoms with Gasteiger partial charge in [-0.2, -0.15) is 0 Å². The number of rotatable bonds is 6. The van der Waals surface area contributed by atoms with Crippen LogP contribution in [0.25, 0.3) is 0 Å². The zero-order valence-corrected chi connectivity index (χ0v) is 14.9. The largest absolute Gasteiger partial charge is 0.396 e. The van der Waals surface area contributed by atoms with Crippen LogP contribution in [0.1, 0.15) is 0 Å².